The van der Waals surface area contributed by atoms with Gasteiger partial charge in [0.15, 0.2) is 0 Å². The third kappa shape index (κ3) is 3.68. The Kier molecular flexibility index (Phi) is 5.74. The molecule has 4 nitrogen and oxygen atoms in total. The van der Waals surface area contributed by atoms with Crippen molar-refractivity contribution in [2.45, 2.75) is 32.9 Å². The summed E-state index contributed by atoms with van der Waals surface area (Å²) in [5.74, 6) is 0. The van der Waals surface area contributed by atoms with Crippen LogP contribution < -0.4 is 5.32 Å². The Balaban J connectivity index is 2.41. The summed E-state index contributed by atoms with van der Waals surface area (Å²) in [7, 11) is 0. The highest BCUT2D eigenvalue weighted by Crippen LogP contribution is 2.28. The number of nitrogens with one attached hydrogen (secondary N) is 1. The lowest BCUT2D eigenvalue weighted by Gasteiger charge is -2.19. The van der Waals surface area contributed by atoms with E-state index in [4.69, 9.17) is 0 Å². The Labute approximate surface area is 136 Å². The van der Waals surface area contributed by atoms with Crippen molar-refractivity contribution in [3.8, 4) is 0 Å². The molecule has 0 aliphatic carbocycles. The number of rotatable bonds is 6. The minimum atomic E-state index is 0.0929. The Morgan fingerprint density at radius 1 is 1.20 bits per heavy atom. The van der Waals surface area contributed by atoms with Gasteiger partial charge in [-0.1, -0.05) is 50.9 Å². The molecule has 0 spiro atoms. The summed E-state index contributed by atoms with van der Waals surface area (Å²) in [6.07, 6.45) is 2.88. The van der Waals surface area contributed by atoms with Crippen LogP contribution in [0.2, 0.25) is 0 Å². The molecular weight excluding hydrogens is 384 g/mol. The molecule has 1 heterocycles. The van der Waals surface area contributed by atoms with E-state index in [-0.39, 0.29) is 6.04 Å². The summed E-state index contributed by atoms with van der Waals surface area (Å²) in [4.78, 5) is 0. The molecule has 0 fully saturated rings. The molecule has 0 radical (unpaired) electrons. The van der Waals surface area contributed by atoms with Crippen molar-refractivity contribution in [3.05, 3.63) is 44.6 Å². The minimum Gasteiger partial charge on any atom is -0.305 e. The van der Waals surface area contributed by atoms with E-state index < -0.39 is 0 Å². The first kappa shape index (κ1) is 15.7. The molecular formula is C14H18Br2N4. The number of aromatic nitrogens is 3. The monoisotopic (exact) mass is 400 g/mol. The predicted octanol–water partition coefficient (Wildman–Crippen LogP) is 3.91. The zero-order valence-corrected chi connectivity index (χ0v) is 14.8. The van der Waals surface area contributed by atoms with Crippen LogP contribution in [0.1, 0.15) is 37.6 Å². The van der Waals surface area contributed by atoms with Gasteiger partial charge in [-0.3, -0.25) is 0 Å². The van der Waals surface area contributed by atoms with Crippen LogP contribution in [0, 0.1) is 0 Å². The second kappa shape index (κ2) is 7.33. The van der Waals surface area contributed by atoms with Gasteiger partial charge in [-0.15, -0.1) is 5.10 Å². The fourth-order valence-corrected chi connectivity index (χ4v) is 3.54. The zero-order chi connectivity index (χ0) is 14.5. The smallest absolute Gasteiger partial charge is 0.0802 e. The van der Waals surface area contributed by atoms with E-state index in [2.05, 4.69) is 73.5 Å². The van der Waals surface area contributed by atoms with Gasteiger partial charge in [0.2, 0.25) is 0 Å². The Morgan fingerprint density at radius 3 is 2.50 bits per heavy atom. The third-order valence-corrected chi connectivity index (χ3v) is 3.92. The SMILES string of the molecule is CCCn1nncc1C(NCC)c1cc(Br)cc(Br)c1. The fourth-order valence-electron chi connectivity index (χ4n) is 2.21. The maximum atomic E-state index is 4.18. The highest BCUT2D eigenvalue weighted by molar-refractivity contribution is 9.11. The van der Waals surface area contributed by atoms with Gasteiger partial charge in [-0.25, -0.2) is 4.68 Å². The van der Waals surface area contributed by atoms with Crippen molar-refractivity contribution in [2.75, 3.05) is 6.54 Å². The summed E-state index contributed by atoms with van der Waals surface area (Å²) < 4.78 is 4.08. The van der Waals surface area contributed by atoms with Crippen molar-refractivity contribution in [1.29, 1.82) is 0 Å². The van der Waals surface area contributed by atoms with Crippen LogP contribution in [-0.4, -0.2) is 21.5 Å². The van der Waals surface area contributed by atoms with Crippen LogP contribution in [0.3, 0.4) is 0 Å². The predicted molar refractivity (Wildman–Crippen MR) is 87.7 cm³/mol. The Hall–Kier alpha value is -0.720. The van der Waals surface area contributed by atoms with Gasteiger partial charge in [0.25, 0.3) is 0 Å². The van der Waals surface area contributed by atoms with Crippen LogP contribution >= 0.6 is 31.9 Å². The molecule has 0 saturated heterocycles. The highest BCUT2D eigenvalue weighted by atomic mass is 79.9. The van der Waals surface area contributed by atoms with Crippen molar-refractivity contribution >= 4 is 31.9 Å². The lowest BCUT2D eigenvalue weighted by molar-refractivity contribution is 0.511. The van der Waals surface area contributed by atoms with E-state index in [9.17, 15) is 0 Å². The molecule has 6 heteroatoms. The number of hydrogen-bond acceptors (Lipinski definition) is 3. The van der Waals surface area contributed by atoms with Crippen LogP contribution in [0.15, 0.2) is 33.3 Å². The summed E-state index contributed by atoms with van der Waals surface area (Å²) in [6.45, 7) is 6.01. The third-order valence-electron chi connectivity index (χ3n) is 3.01. The topological polar surface area (TPSA) is 42.7 Å². The van der Waals surface area contributed by atoms with E-state index >= 15 is 0 Å². The maximum Gasteiger partial charge on any atom is 0.0802 e. The summed E-state index contributed by atoms with van der Waals surface area (Å²) in [5.41, 5.74) is 2.28. The quantitative estimate of drug-likeness (QED) is 0.797. The second-order valence-electron chi connectivity index (χ2n) is 4.58. The van der Waals surface area contributed by atoms with Gasteiger partial charge in [0.1, 0.15) is 0 Å². The first-order chi connectivity index (χ1) is 9.65. The first-order valence-electron chi connectivity index (χ1n) is 6.73. The number of aryl methyl sites for hydroxylation is 1. The standard InChI is InChI=1S/C14H18Br2N4/c1-3-5-20-13(9-18-19-20)14(17-4-2)10-6-11(15)8-12(16)7-10/h6-9,14,17H,3-5H2,1-2H3. The van der Waals surface area contributed by atoms with E-state index in [0.29, 0.717) is 0 Å². The van der Waals surface area contributed by atoms with Gasteiger partial charge in [0, 0.05) is 15.5 Å². The Morgan fingerprint density at radius 2 is 1.90 bits per heavy atom. The minimum absolute atomic E-state index is 0.0929. The van der Waals surface area contributed by atoms with E-state index in [1.165, 1.54) is 5.56 Å². The average Bonchev–Trinajstić information content (AvgIpc) is 2.83. The molecule has 0 amide bonds. The molecule has 1 unspecified atom stereocenters. The molecule has 0 aliphatic heterocycles. The van der Waals surface area contributed by atoms with Crippen molar-refractivity contribution < 1.29 is 0 Å². The molecule has 1 N–H and O–H groups in total. The normalized spacial score (nSPS) is 12.6. The largest absolute Gasteiger partial charge is 0.305 e. The molecule has 2 aromatic rings. The summed E-state index contributed by atoms with van der Waals surface area (Å²) in [5, 5.41) is 11.8. The van der Waals surface area contributed by atoms with E-state index in [0.717, 1.165) is 34.1 Å². The van der Waals surface area contributed by atoms with Crippen molar-refractivity contribution in [1.82, 2.24) is 20.3 Å². The maximum absolute atomic E-state index is 4.18. The number of nitrogens with zero attached hydrogens (tertiary/aromatic N) is 3. The van der Waals surface area contributed by atoms with Gasteiger partial charge in [0.05, 0.1) is 17.9 Å². The molecule has 1 aromatic carbocycles. The van der Waals surface area contributed by atoms with Gasteiger partial charge in [-0.05, 0) is 36.7 Å². The first-order valence-corrected chi connectivity index (χ1v) is 8.32. The number of benzene rings is 1. The van der Waals surface area contributed by atoms with Crippen LogP contribution in [0.4, 0.5) is 0 Å². The van der Waals surface area contributed by atoms with E-state index in [1.807, 2.05) is 16.9 Å². The molecule has 0 aliphatic rings. The lowest BCUT2D eigenvalue weighted by atomic mass is 10.0. The summed E-state index contributed by atoms with van der Waals surface area (Å²) in [6, 6.07) is 6.38. The zero-order valence-electron chi connectivity index (χ0n) is 11.6. The van der Waals surface area contributed by atoms with Gasteiger partial charge < -0.3 is 5.32 Å². The molecule has 1 atom stereocenters. The van der Waals surface area contributed by atoms with Crippen molar-refractivity contribution in [3.63, 3.8) is 0 Å². The lowest BCUT2D eigenvalue weighted by Crippen LogP contribution is -2.25. The summed E-state index contributed by atoms with van der Waals surface area (Å²) >= 11 is 7.10. The number of halogens is 2. The van der Waals surface area contributed by atoms with Gasteiger partial charge in [-0.2, -0.15) is 0 Å². The molecule has 0 bridgehead atoms. The second-order valence-corrected chi connectivity index (χ2v) is 6.41. The van der Waals surface area contributed by atoms with Crippen molar-refractivity contribution in [2.24, 2.45) is 0 Å². The fraction of sp³-hybridized carbons (Fsp3) is 0.429. The highest BCUT2D eigenvalue weighted by Gasteiger charge is 2.19. The molecule has 0 saturated carbocycles. The molecule has 108 valence electrons. The van der Waals surface area contributed by atoms with Gasteiger partial charge >= 0.3 is 0 Å². The average molecular weight is 402 g/mol. The molecule has 20 heavy (non-hydrogen) atoms. The van der Waals surface area contributed by atoms with Crippen LogP contribution in [0.25, 0.3) is 0 Å². The number of hydrogen-bond donors (Lipinski definition) is 1. The van der Waals surface area contributed by atoms with Crippen LogP contribution in [0.5, 0.6) is 0 Å². The molecule has 2 rings (SSSR count). The Bertz CT molecular complexity index is 548. The molecule has 1 aromatic heterocycles. The van der Waals surface area contributed by atoms with Crippen LogP contribution in [-0.2, 0) is 6.54 Å². The van der Waals surface area contributed by atoms with E-state index in [1.54, 1.807) is 0 Å².